The molecule has 0 aliphatic heterocycles. The van der Waals surface area contributed by atoms with Crippen molar-refractivity contribution < 1.29 is 0 Å². The lowest BCUT2D eigenvalue weighted by molar-refractivity contribution is 0.982. The van der Waals surface area contributed by atoms with Crippen LogP contribution in [-0.2, 0) is 0 Å². The molecule has 0 atom stereocenters. The van der Waals surface area contributed by atoms with Crippen LogP contribution in [0, 0.1) is 11.3 Å². The van der Waals surface area contributed by atoms with Gasteiger partial charge in [0, 0.05) is 15.8 Å². The third-order valence-electron chi connectivity index (χ3n) is 2.92. The fourth-order valence-electron chi connectivity index (χ4n) is 1.89. The Balaban J connectivity index is 1.77. The van der Waals surface area contributed by atoms with E-state index in [1.54, 1.807) is 24.4 Å². The first-order valence-corrected chi connectivity index (χ1v) is 7.52. The number of nitrogens with zero attached hydrogens (tertiary/aromatic N) is 4. The summed E-state index contributed by atoms with van der Waals surface area (Å²) in [4.78, 5) is 4.35. The van der Waals surface area contributed by atoms with Crippen LogP contribution in [0.5, 0.6) is 0 Å². The van der Waals surface area contributed by atoms with E-state index in [1.807, 2.05) is 30.3 Å². The van der Waals surface area contributed by atoms with E-state index >= 15 is 0 Å². The SMILES string of the molecule is N#Cc1cccc(Nc2nncc(Nc3ccc(Br)cc3)n2)c1. The summed E-state index contributed by atoms with van der Waals surface area (Å²) in [5, 5.41) is 23.0. The molecule has 0 unspecified atom stereocenters. The van der Waals surface area contributed by atoms with Gasteiger partial charge in [-0.1, -0.05) is 22.0 Å². The van der Waals surface area contributed by atoms with Crippen molar-refractivity contribution in [2.24, 2.45) is 0 Å². The van der Waals surface area contributed by atoms with Gasteiger partial charge in [0.25, 0.3) is 0 Å². The highest BCUT2D eigenvalue weighted by atomic mass is 79.9. The summed E-state index contributed by atoms with van der Waals surface area (Å²) in [6, 6.07) is 16.9. The Labute approximate surface area is 141 Å². The number of aromatic nitrogens is 3. The van der Waals surface area contributed by atoms with Crippen molar-refractivity contribution >= 4 is 39.1 Å². The minimum absolute atomic E-state index is 0.349. The van der Waals surface area contributed by atoms with Gasteiger partial charge in [0.2, 0.25) is 5.95 Å². The highest BCUT2D eigenvalue weighted by Gasteiger charge is 2.03. The molecule has 0 spiro atoms. The van der Waals surface area contributed by atoms with E-state index in [2.05, 4.69) is 47.8 Å². The van der Waals surface area contributed by atoms with E-state index in [1.165, 1.54) is 0 Å². The Morgan fingerprint density at radius 1 is 1.00 bits per heavy atom. The molecule has 0 fully saturated rings. The van der Waals surface area contributed by atoms with Crippen LogP contribution < -0.4 is 10.6 Å². The molecule has 3 rings (SSSR count). The molecule has 0 saturated heterocycles. The van der Waals surface area contributed by atoms with Gasteiger partial charge in [0.15, 0.2) is 5.82 Å². The van der Waals surface area contributed by atoms with Crippen LogP contribution in [-0.4, -0.2) is 15.2 Å². The van der Waals surface area contributed by atoms with E-state index in [4.69, 9.17) is 5.26 Å². The number of nitriles is 1. The predicted molar refractivity (Wildman–Crippen MR) is 91.7 cm³/mol. The average Bonchev–Trinajstić information content (AvgIpc) is 2.57. The fourth-order valence-corrected chi connectivity index (χ4v) is 2.16. The first-order chi connectivity index (χ1) is 11.2. The van der Waals surface area contributed by atoms with Crippen LogP contribution in [0.4, 0.5) is 23.1 Å². The molecule has 2 aromatic carbocycles. The molecule has 6 nitrogen and oxygen atoms in total. The summed E-state index contributed by atoms with van der Waals surface area (Å²) in [7, 11) is 0. The molecule has 3 aromatic rings. The van der Waals surface area contributed by atoms with Gasteiger partial charge in [-0.2, -0.15) is 15.3 Å². The fraction of sp³-hybridized carbons (Fsp3) is 0. The molecule has 112 valence electrons. The lowest BCUT2D eigenvalue weighted by Crippen LogP contribution is -2.02. The molecule has 23 heavy (non-hydrogen) atoms. The minimum Gasteiger partial charge on any atom is -0.339 e. The van der Waals surface area contributed by atoms with Gasteiger partial charge in [0.1, 0.15) is 0 Å². The van der Waals surface area contributed by atoms with Gasteiger partial charge in [-0.15, -0.1) is 5.10 Å². The van der Waals surface area contributed by atoms with Crippen LogP contribution in [0.1, 0.15) is 5.56 Å². The topological polar surface area (TPSA) is 86.5 Å². The van der Waals surface area contributed by atoms with Crippen LogP contribution >= 0.6 is 15.9 Å². The number of hydrogen-bond donors (Lipinski definition) is 2. The van der Waals surface area contributed by atoms with Crippen molar-refractivity contribution in [1.29, 1.82) is 5.26 Å². The zero-order valence-electron chi connectivity index (χ0n) is 11.9. The highest BCUT2D eigenvalue weighted by Crippen LogP contribution is 2.19. The number of nitrogens with one attached hydrogen (secondary N) is 2. The Bertz CT molecular complexity index is 857. The second kappa shape index (κ2) is 6.85. The molecule has 0 bridgehead atoms. The molecule has 7 heteroatoms. The number of benzene rings is 2. The molecular formula is C16H11BrN6. The van der Waals surface area contributed by atoms with Gasteiger partial charge >= 0.3 is 0 Å². The standard InChI is InChI=1S/C16H11BrN6/c17-12-4-6-13(7-5-12)20-15-10-19-23-16(22-15)21-14-3-1-2-11(8-14)9-18/h1-8,10H,(H2,20,21,22,23). The van der Waals surface area contributed by atoms with Crippen LogP contribution in [0.15, 0.2) is 59.2 Å². The van der Waals surface area contributed by atoms with Gasteiger partial charge in [0.05, 0.1) is 17.8 Å². The van der Waals surface area contributed by atoms with Crippen molar-refractivity contribution in [2.45, 2.75) is 0 Å². The Hall–Kier alpha value is -2.98. The summed E-state index contributed by atoms with van der Waals surface area (Å²) < 4.78 is 1.00. The van der Waals surface area contributed by atoms with Crippen molar-refractivity contribution in [1.82, 2.24) is 15.2 Å². The molecule has 0 amide bonds. The first-order valence-electron chi connectivity index (χ1n) is 6.72. The van der Waals surface area contributed by atoms with Crippen LogP contribution in [0.25, 0.3) is 0 Å². The zero-order chi connectivity index (χ0) is 16.1. The molecule has 0 saturated carbocycles. The van der Waals surface area contributed by atoms with Crippen molar-refractivity contribution in [3.63, 3.8) is 0 Å². The molecular weight excluding hydrogens is 356 g/mol. The maximum absolute atomic E-state index is 8.92. The molecule has 0 radical (unpaired) electrons. The Morgan fingerprint density at radius 3 is 2.61 bits per heavy atom. The van der Waals surface area contributed by atoms with Crippen LogP contribution in [0.3, 0.4) is 0 Å². The Kier molecular flexibility index (Phi) is 4.45. The molecule has 1 aromatic heterocycles. The van der Waals surface area contributed by atoms with E-state index in [0.717, 1.165) is 15.8 Å². The predicted octanol–water partition coefficient (Wildman–Crippen LogP) is 3.99. The molecule has 2 N–H and O–H groups in total. The third kappa shape index (κ3) is 4.02. The maximum Gasteiger partial charge on any atom is 0.249 e. The molecule has 0 aliphatic carbocycles. The second-order valence-electron chi connectivity index (χ2n) is 4.61. The molecule has 1 heterocycles. The summed E-state index contributed by atoms with van der Waals surface area (Å²) in [5.41, 5.74) is 2.19. The van der Waals surface area contributed by atoms with Crippen molar-refractivity contribution in [3.8, 4) is 6.07 Å². The highest BCUT2D eigenvalue weighted by molar-refractivity contribution is 9.10. The first kappa shape index (κ1) is 14.9. The van der Waals surface area contributed by atoms with Gasteiger partial charge in [-0.25, -0.2) is 0 Å². The monoisotopic (exact) mass is 366 g/mol. The number of hydrogen-bond acceptors (Lipinski definition) is 6. The van der Waals surface area contributed by atoms with E-state index in [0.29, 0.717) is 17.3 Å². The lowest BCUT2D eigenvalue weighted by Gasteiger charge is -2.08. The lowest BCUT2D eigenvalue weighted by atomic mass is 10.2. The van der Waals surface area contributed by atoms with Gasteiger partial charge in [-0.05, 0) is 42.5 Å². The quantitative estimate of drug-likeness (QED) is 0.725. The largest absolute Gasteiger partial charge is 0.339 e. The van der Waals surface area contributed by atoms with Gasteiger partial charge < -0.3 is 10.6 Å². The average molecular weight is 367 g/mol. The number of rotatable bonds is 4. The second-order valence-corrected chi connectivity index (χ2v) is 5.53. The summed E-state index contributed by atoms with van der Waals surface area (Å²) >= 11 is 3.39. The number of halogens is 1. The van der Waals surface area contributed by atoms with Crippen molar-refractivity contribution in [3.05, 3.63) is 64.8 Å². The zero-order valence-corrected chi connectivity index (χ0v) is 13.4. The molecule has 0 aliphatic rings. The normalized spacial score (nSPS) is 9.91. The number of anilines is 4. The summed E-state index contributed by atoms with van der Waals surface area (Å²) in [6.07, 6.45) is 1.54. The van der Waals surface area contributed by atoms with E-state index < -0.39 is 0 Å². The van der Waals surface area contributed by atoms with Gasteiger partial charge in [-0.3, -0.25) is 0 Å². The van der Waals surface area contributed by atoms with Crippen LogP contribution in [0.2, 0.25) is 0 Å². The summed E-state index contributed by atoms with van der Waals surface area (Å²) in [6.45, 7) is 0. The Morgan fingerprint density at radius 2 is 1.83 bits per heavy atom. The van der Waals surface area contributed by atoms with E-state index in [9.17, 15) is 0 Å². The van der Waals surface area contributed by atoms with E-state index in [-0.39, 0.29) is 0 Å². The summed E-state index contributed by atoms with van der Waals surface area (Å²) in [5.74, 6) is 0.920. The third-order valence-corrected chi connectivity index (χ3v) is 3.45. The smallest absolute Gasteiger partial charge is 0.249 e. The van der Waals surface area contributed by atoms with Crippen molar-refractivity contribution in [2.75, 3.05) is 10.6 Å². The maximum atomic E-state index is 8.92. The minimum atomic E-state index is 0.349.